The van der Waals surface area contributed by atoms with Crippen LogP contribution in [0.4, 0.5) is 16.6 Å². The molecule has 2 fully saturated rings. The van der Waals surface area contributed by atoms with Crippen molar-refractivity contribution in [3.05, 3.63) is 65.9 Å². The van der Waals surface area contributed by atoms with Gasteiger partial charge >= 0.3 is 6.03 Å². The summed E-state index contributed by atoms with van der Waals surface area (Å²) in [6.07, 6.45) is 1.22. The Bertz CT molecular complexity index is 1840. The van der Waals surface area contributed by atoms with Crippen LogP contribution in [0.2, 0.25) is 0 Å². The van der Waals surface area contributed by atoms with E-state index in [0.29, 0.717) is 31.0 Å². The van der Waals surface area contributed by atoms with Crippen molar-refractivity contribution in [3.63, 3.8) is 0 Å². The quantitative estimate of drug-likeness (QED) is 0.204. The first-order valence-corrected chi connectivity index (χ1v) is 15.8. The first kappa shape index (κ1) is 32.0. The fraction of sp³-hybridized carbons (Fsp3) is 0.429. The summed E-state index contributed by atoms with van der Waals surface area (Å²) >= 11 is 0. The Morgan fingerprint density at radius 2 is 1.55 bits per heavy atom. The van der Waals surface area contributed by atoms with Crippen molar-refractivity contribution in [1.29, 1.82) is 0 Å². The molecule has 12 nitrogen and oxygen atoms in total. The van der Waals surface area contributed by atoms with E-state index < -0.39 is 22.3 Å². The fourth-order valence-electron chi connectivity index (χ4n) is 7.59. The number of imidazole rings is 1. The van der Waals surface area contributed by atoms with Gasteiger partial charge in [0.2, 0.25) is 23.7 Å². The fourth-order valence-corrected chi connectivity index (χ4v) is 7.59. The number of hydrogen-bond donors (Lipinski definition) is 4. The molecule has 2 aromatic heterocycles. The average Bonchev–Trinajstić information content (AvgIpc) is 3.61. The summed E-state index contributed by atoms with van der Waals surface area (Å²) in [6, 6.07) is 16.5. The summed E-state index contributed by atoms with van der Waals surface area (Å²) in [5.41, 5.74) is 1.27. The van der Waals surface area contributed by atoms with Crippen LogP contribution in [-0.4, -0.2) is 55.4 Å². The number of urea groups is 1. The monoisotopic (exact) mass is 638 g/mol. The summed E-state index contributed by atoms with van der Waals surface area (Å²) in [4.78, 5) is 61.4. The predicted molar refractivity (Wildman–Crippen MR) is 179 cm³/mol. The van der Waals surface area contributed by atoms with Crippen LogP contribution < -0.4 is 16.0 Å². The Morgan fingerprint density at radius 3 is 2.17 bits per heavy atom. The number of aromatic nitrogens is 4. The van der Waals surface area contributed by atoms with Crippen LogP contribution in [0.15, 0.2) is 54.6 Å². The highest BCUT2D eigenvalue weighted by Gasteiger charge is 2.62. The highest BCUT2D eigenvalue weighted by atomic mass is 16.2. The van der Waals surface area contributed by atoms with E-state index in [9.17, 15) is 19.2 Å². The zero-order chi connectivity index (χ0) is 33.9. The molecular formula is C35H42N8O4. The van der Waals surface area contributed by atoms with E-state index in [-0.39, 0.29) is 29.7 Å². The molecule has 0 spiro atoms. The van der Waals surface area contributed by atoms with Gasteiger partial charge in [-0.25, -0.2) is 14.5 Å². The van der Waals surface area contributed by atoms with Gasteiger partial charge in [-0.15, -0.1) is 0 Å². The molecule has 47 heavy (non-hydrogen) atoms. The number of amides is 5. The number of likely N-dealkylation sites (tertiary alicyclic amines) is 1. The molecule has 2 atom stereocenters. The first-order chi connectivity index (χ1) is 22.0. The van der Waals surface area contributed by atoms with Crippen molar-refractivity contribution in [2.75, 3.05) is 17.7 Å². The van der Waals surface area contributed by atoms with E-state index in [1.807, 2.05) is 75.4 Å². The van der Waals surface area contributed by atoms with Gasteiger partial charge in [0.1, 0.15) is 5.82 Å². The van der Waals surface area contributed by atoms with Crippen molar-refractivity contribution in [2.45, 2.75) is 72.8 Å². The molecule has 246 valence electrons. The molecule has 4 aromatic rings. The maximum atomic E-state index is 13.6. The van der Waals surface area contributed by atoms with Gasteiger partial charge in [0.05, 0.1) is 22.4 Å². The molecule has 2 aromatic carbocycles. The van der Waals surface area contributed by atoms with E-state index in [1.165, 1.54) is 11.9 Å². The molecule has 2 aliphatic rings. The van der Waals surface area contributed by atoms with Crippen LogP contribution >= 0.6 is 0 Å². The van der Waals surface area contributed by atoms with Crippen molar-refractivity contribution < 1.29 is 19.2 Å². The lowest BCUT2D eigenvalue weighted by Gasteiger charge is -2.55. The number of para-hydroxylation sites is 2. The molecule has 6 rings (SSSR count). The van der Waals surface area contributed by atoms with E-state index in [0.717, 1.165) is 28.0 Å². The van der Waals surface area contributed by atoms with E-state index in [4.69, 9.17) is 5.10 Å². The maximum Gasteiger partial charge on any atom is 0.327 e. The molecule has 12 heteroatoms. The highest BCUT2D eigenvalue weighted by Crippen LogP contribution is 2.58. The van der Waals surface area contributed by atoms with Crippen LogP contribution in [0.25, 0.3) is 16.7 Å². The van der Waals surface area contributed by atoms with E-state index >= 15 is 0 Å². The van der Waals surface area contributed by atoms with Crippen molar-refractivity contribution in [2.24, 2.45) is 16.2 Å². The third-order valence-corrected chi connectivity index (χ3v) is 9.51. The maximum absolute atomic E-state index is 13.6. The molecular weight excluding hydrogens is 596 g/mol. The molecule has 2 unspecified atom stereocenters. The molecule has 5 amide bonds. The van der Waals surface area contributed by atoms with Gasteiger partial charge in [-0.3, -0.25) is 29.9 Å². The molecule has 1 aliphatic heterocycles. The summed E-state index contributed by atoms with van der Waals surface area (Å²) < 4.78 is 1.68. The van der Waals surface area contributed by atoms with Gasteiger partial charge in [-0.05, 0) is 49.1 Å². The normalized spacial score (nSPS) is 24.4. The first-order valence-electron chi connectivity index (χ1n) is 15.8. The number of fused-ring (bicyclic) bond motifs is 3. The summed E-state index contributed by atoms with van der Waals surface area (Å²) in [5.74, 6) is 0.202. The summed E-state index contributed by atoms with van der Waals surface area (Å²) in [5, 5.41) is 13.5. The van der Waals surface area contributed by atoms with Gasteiger partial charge in [-0.1, -0.05) is 65.8 Å². The second kappa shape index (κ2) is 11.1. The number of piperidine rings is 1. The second-order valence-electron chi connectivity index (χ2n) is 15.0. The van der Waals surface area contributed by atoms with Crippen molar-refractivity contribution in [1.82, 2.24) is 30.0 Å². The van der Waals surface area contributed by atoms with E-state index in [1.54, 1.807) is 4.68 Å². The van der Waals surface area contributed by atoms with Crippen LogP contribution in [0.1, 0.15) is 72.1 Å². The zero-order valence-electron chi connectivity index (χ0n) is 27.9. The van der Waals surface area contributed by atoms with Gasteiger partial charge < -0.3 is 10.3 Å². The van der Waals surface area contributed by atoms with Crippen LogP contribution in [0.5, 0.6) is 0 Å². The summed E-state index contributed by atoms with van der Waals surface area (Å²) in [7, 11) is 1.54. The van der Waals surface area contributed by atoms with Crippen molar-refractivity contribution >= 4 is 46.6 Å². The minimum absolute atomic E-state index is 0.173. The molecule has 1 saturated carbocycles. The minimum Gasteiger partial charge on any atom is -0.352 e. The lowest BCUT2D eigenvalue weighted by atomic mass is 9.51. The van der Waals surface area contributed by atoms with Gasteiger partial charge in [-0.2, -0.15) is 5.10 Å². The zero-order valence-corrected chi connectivity index (χ0v) is 27.9. The molecule has 1 aliphatic carbocycles. The number of carbonyl (C=O) groups excluding carboxylic acids is 4. The number of imide groups is 1. The molecule has 3 heterocycles. The average molecular weight is 639 g/mol. The predicted octanol–water partition coefficient (Wildman–Crippen LogP) is 5.51. The number of carbonyl (C=O) groups is 4. The molecule has 1 saturated heterocycles. The van der Waals surface area contributed by atoms with Crippen molar-refractivity contribution in [3.8, 4) is 5.69 Å². The lowest BCUT2D eigenvalue weighted by molar-refractivity contribution is -0.178. The topological polar surface area (TPSA) is 154 Å². The van der Waals surface area contributed by atoms with Crippen LogP contribution in [0.3, 0.4) is 0 Å². The molecule has 2 bridgehead atoms. The standard InChI is InChI=1S/C35H42N8O4/c1-32(2,3)25-16-26(39-31(47)40-30-37-23-10-8-9-11-24(23)38-30)43(41-25)22-14-12-21(13-15-22)17-36-27(44)33(4)18-34(5)20-35(6,19-33)29(46)42(7)28(34)45/h8-16H,17-20H2,1-7H3,(H,36,44)(H3,37,38,39,40,47). The largest absolute Gasteiger partial charge is 0.352 e. The number of benzene rings is 2. The second-order valence-corrected chi connectivity index (χ2v) is 15.0. The number of anilines is 2. The molecule has 4 N–H and O–H groups in total. The van der Waals surface area contributed by atoms with Crippen LogP contribution in [0, 0.1) is 16.2 Å². The molecule has 0 radical (unpaired) electrons. The number of aromatic amines is 1. The lowest BCUT2D eigenvalue weighted by Crippen LogP contribution is -2.63. The number of nitrogens with zero attached hydrogens (tertiary/aromatic N) is 4. The smallest absolute Gasteiger partial charge is 0.327 e. The Morgan fingerprint density at radius 1 is 0.915 bits per heavy atom. The SMILES string of the molecule is CN1C(=O)C2(C)CC(C)(C(=O)NCc3ccc(-n4nc(C(C)(C)C)cc4NC(=O)Nc4nc5ccccc5[nH]4)cc3)CC(C)(C2)C1=O. The Labute approximate surface area is 273 Å². The third-order valence-electron chi connectivity index (χ3n) is 9.51. The van der Waals surface area contributed by atoms with E-state index in [2.05, 4.69) is 46.7 Å². The van der Waals surface area contributed by atoms with Gasteiger partial charge in [0, 0.05) is 41.3 Å². The number of nitrogens with one attached hydrogen (secondary N) is 4. The Hall–Kier alpha value is -5.00. The number of hydrogen-bond acceptors (Lipinski definition) is 6. The number of rotatable bonds is 6. The Balaban J connectivity index is 1.16. The minimum atomic E-state index is -0.865. The van der Waals surface area contributed by atoms with Gasteiger partial charge in [0.15, 0.2) is 0 Å². The van der Waals surface area contributed by atoms with Gasteiger partial charge in [0.25, 0.3) is 0 Å². The Kier molecular flexibility index (Phi) is 7.52. The number of H-pyrrole nitrogens is 1. The highest BCUT2D eigenvalue weighted by molar-refractivity contribution is 6.04. The van der Waals surface area contributed by atoms with Crippen LogP contribution in [-0.2, 0) is 26.3 Å². The third kappa shape index (κ3) is 5.88. The summed E-state index contributed by atoms with van der Waals surface area (Å²) in [6.45, 7) is 12.0.